The molecule has 1 N–H and O–H groups in total. The van der Waals surface area contributed by atoms with Crippen molar-refractivity contribution in [2.45, 2.75) is 19.3 Å². The van der Waals surface area contributed by atoms with Gasteiger partial charge in [0.05, 0.1) is 30.6 Å². The molecule has 0 unspecified atom stereocenters. The maximum absolute atomic E-state index is 14.6. The lowest BCUT2D eigenvalue weighted by Gasteiger charge is -2.14. The lowest BCUT2D eigenvalue weighted by molar-refractivity contribution is 0.0949. The number of fused-ring (bicyclic) bond motifs is 1. The van der Waals surface area contributed by atoms with E-state index in [1.807, 2.05) is 0 Å². The van der Waals surface area contributed by atoms with E-state index in [1.54, 1.807) is 12.1 Å². The van der Waals surface area contributed by atoms with E-state index in [9.17, 15) is 22.4 Å². The van der Waals surface area contributed by atoms with E-state index in [-0.39, 0.29) is 24.3 Å². The zero-order valence-corrected chi connectivity index (χ0v) is 18.2. The minimum absolute atomic E-state index is 0.0499. The van der Waals surface area contributed by atoms with Crippen molar-refractivity contribution in [3.05, 3.63) is 57.9 Å². The summed E-state index contributed by atoms with van der Waals surface area (Å²) >= 11 is 0. The van der Waals surface area contributed by atoms with Crippen molar-refractivity contribution in [1.82, 2.24) is 5.32 Å². The van der Waals surface area contributed by atoms with Gasteiger partial charge in [0.25, 0.3) is 5.91 Å². The van der Waals surface area contributed by atoms with Gasteiger partial charge in [-0.2, -0.15) is 0 Å². The molecule has 0 aromatic heterocycles. The quantitative estimate of drug-likeness (QED) is 0.466. The van der Waals surface area contributed by atoms with Crippen LogP contribution in [0.25, 0.3) is 0 Å². The maximum Gasteiger partial charge on any atom is 0.254 e. The Bertz CT molecular complexity index is 1110. The molecule has 7 nitrogen and oxygen atoms in total. The van der Waals surface area contributed by atoms with Crippen LogP contribution in [0.4, 0.5) is 4.39 Å². The number of benzene rings is 2. The van der Waals surface area contributed by atoms with Gasteiger partial charge in [0.15, 0.2) is 6.29 Å². The molecule has 31 heavy (non-hydrogen) atoms. The summed E-state index contributed by atoms with van der Waals surface area (Å²) in [5.41, 5.74) is 2.48. The van der Waals surface area contributed by atoms with E-state index in [4.69, 9.17) is 9.47 Å². The lowest BCUT2D eigenvalue weighted by atomic mass is 9.96. The Morgan fingerprint density at radius 2 is 2.10 bits per heavy atom. The first-order valence-electron chi connectivity index (χ1n) is 9.78. The van der Waals surface area contributed by atoms with Crippen LogP contribution >= 0.6 is 0 Å². The number of sulfone groups is 1. The number of methoxy groups -OCH3 is 1. The predicted octanol–water partition coefficient (Wildman–Crippen LogP) is 2.34. The van der Waals surface area contributed by atoms with Crippen molar-refractivity contribution in [3.8, 4) is 11.5 Å². The number of halogens is 1. The number of hydrogen-bond acceptors (Lipinski definition) is 6. The summed E-state index contributed by atoms with van der Waals surface area (Å²) in [7, 11) is -1.61. The summed E-state index contributed by atoms with van der Waals surface area (Å²) in [6.07, 6.45) is 3.04. The van der Waals surface area contributed by atoms with Crippen molar-refractivity contribution in [3.63, 3.8) is 0 Å². The lowest BCUT2D eigenvalue weighted by Crippen LogP contribution is -2.26. The van der Waals surface area contributed by atoms with Crippen molar-refractivity contribution < 1.29 is 31.9 Å². The highest BCUT2D eigenvalue weighted by Gasteiger charge is 2.24. The number of aldehydes is 1. The topological polar surface area (TPSA) is 98.8 Å². The highest BCUT2D eigenvalue weighted by Crippen LogP contribution is 2.40. The van der Waals surface area contributed by atoms with Gasteiger partial charge in [-0.25, -0.2) is 12.8 Å². The molecule has 0 spiro atoms. The Morgan fingerprint density at radius 1 is 1.32 bits per heavy atom. The van der Waals surface area contributed by atoms with E-state index < -0.39 is 21.6 Å². The van der Waals surface area contributed by atoms with Crippen LogP contribution in [0, 0.1) is 5.82 Å². The largest absolute Gasteiger partial charge is 0.496 e. The molecule has 0 atom stereocenters. The van der Waals surface area contributed by atoms with Crippen molar-refractivity contribution in [2.24, 2.45) is 0 Å². The van der Waals surface area contributed by atoms with Gasteiger partial charge >= 0.3 is 0 Å². The smallest absolute Gasteiger partial charge is 0.254 e. The molecule has 2 aromatic rings. The molecule has 1 aliphatic heterocycles. The Labute approximate surface area is 180 Å². The van der Waals surface area contributed by atoms with Gasteiger partial charge in [0.2, 0.25) is 0 Å². The first kappa shape index (κ1) is 22.7. The van der Waals surface area contributed by atoms with Crippen LogP contribution < -0.4 is 14.8 Å². The molecule has 9 heteroatoms. The summed E-state index contributed by atoms with van der Waals surface area (Å²) in [6.45, 7) is 0.616. The first-order valence-corrected chi connectivity index (χ1v) is 11.8. The third-order valence-corrected chi connectivity index (χ3v) is 6.04. The van der Waals surface area contributed by atoms with Crippen LogP contribution in [-0.2, 0) is 22.7 Å². The molecule has 166 valence electrons. The second kappa shape index (κ2) is 9.47. The summed E-state index contributed by atoms with van der Waals surface area (Å²) in [4.78, 5) is 23.7. The maximum atomic E-state index is 14.6. The summed E-state index contributed by atoms with van der Waals surface area (Å²) < 4.78 is 47.9. The number of hydrogen-bond donors (Lipinski definition) is 1. The second-order valence-electron chi connectivity index (χ2n) is 7.41. The zero-order valence-electron chi connectivity index (χ0n) is 17.4. The van der Waals surface area contributed by atoms with E-state index in [1.165, 1.54) is 19.2 Å². The van der Waals surface area contributed by atoms with Gasteiger partial charge in [-0.05, 0) is 35.7 Å². The fraction of sp³-hybridized carbons (Fsp3) is 0.364. The Kier molecular flexibility index (Phi) is 6.94. The molecular weight excluding hydrogens is 425 g/mol. The third kappa shape index (κ3) is 5.41. The van der Waals surface area contributed by atoms with Gasteiger partial charge in [-0.3, -0.25) is 9.59 Å². The van der Waals surface area contributed by atoms with Crippen molar-refractivity contribution in [1.29, 1.82) is 0 Å². The average Bonchev–Trinajstić information content (AvgIpc) is 3.20. The fourth-order valence-corrected chi connectivity index (χ4v) is 4.28. The van der Waals surface area contributed by atoms with E-state index >= 15 is 0 Å². The minimum atomic E-state index is -3.11. The summed E-state index contributed by atoms with van der Waals surface area (Å²) in [5.74, 6) is -0.184. The van der Waals surface area contributed by atoms with Crippen LogP contribution in [-0.4, -0.2) is 52.9 Å². The number of carbonyl (C=O) groups excluding carboxylic acids is 2. The van der Waals surface area contributed by atoms with E-state index in [2.05, 4.69) is 5.32 Å². The van der Waals surface area contributed by atoms with Gasteiger partial charge < -0.3 is 14.8 Å². The van der Waals surface area contributed by atoms with Gasteiger partial charge in [-0.1, -0.05) is 6.07 Å². The molecule has 0 aliphatic carbocycles. The number of rotatable bonds is 9. The molecule has 1 heterocycles. The number of amides is 1. The van der Waals surface area contributed by atoms with Crippen LogP contribution in [0.3, 0.4) is 0 Å². The molecule has 0 bridgehead atoms. The summed E-state index contributed by atoms with van der Waals surface area (Å²) in [5, 5.41) is 2.53. The molecule has 0 saturated heterocycles. The predicted molar refractivity (Wildman–Crippen MR) is 113 cm³/mol. The first-order chi connectivity index (χ1) is 14.7. The van der Waals surface area contributed by atoms with Crippen LogP contribution in [0.15, 0.2) is 24.3 Å². The summed E-state index contributed by atoms with van der Waals surface area (Å²) in [6, 6.07) is 5.98. The Morgan fingerprint density at radius 3 is 2.74 bits per heavy atom. The molecular formula is C22H24FNO6S. The van der Waals surface area contributed by atoms with Crippen molar-refractivity contribution in [2.75, 3.05) is 32.3 Å². The Balaban J connectivity index is 1.75. The highest BCUT2D eigenvalue weighted by molar-refractivity contribution is 7.90. The number of ether oxygens (including phenoxy) is 2. The van der Waals surface area contributed by atoms with Gasteiger partial charge in [0.1, 0.15) is 27.2 Å². The Hall–Kier alpha value is -2.94. The minimum Gasteiger partial charge on any atom is -0.496 e. The average molecular weight is 450 g/mol. The number of carbonyl (C=O) groups is 2. The molecule has 0 saturated carbocycles. The molecule has 3 rings (SSSR count). The van der Waals surface area contributed by atoms with Crippen LogP contribution in [0.5, 0.6) is 11.5 Å². The van der Waals surface area contributed by atoms with Crippen molar-refractivity contribution >= 4 is 22.0 Å². The SMILES string of the molecule is COc1c(C=O)cc(Cc2ccc(C(=O)NCCCS(C)(=O)=O)c(F)c2)c2c1CCO2. The molecule has 0 fully saturated rings. The normalized spacial score (nSPS) is 12.7. The highest BCUT2D eigenvalue weighted by atomic mass is 32.2. The van der Waals surface area contributed by atoms with E-state index in [0.29, 0.717) is 42.1 Å². The molecule has 1 aliphatic rings. The van der Waals surface area contributed by atoms with Gasteiger partial charge in [0, 0.05) is 31.2 Å². The third-order valence-electron chi connectivity index (χ3n) is 5.01. The van der Waals surface area contributed by atoms with Crippen LogP contribution in [0.1, 0.15) is 43.8 Å². The standard InChI is InChI=1S/C22H24FNO6S/c1-29-20-16(13-25)12-15(21-18(20)6-8-30-21)10-14-4-5-17(19(23)11-14)22(26)24-7-3-9-31(2,27)28/h4-5,11-13H,3,6-10H2,1-2H3,(H,24,26). The molecule has 1 amide bonds. The van der Waals surface area contributed by atoms with Gasteiger partial charge in [-0.15, -0.1) is 0 Å². The number of nitrogens with one attached hydrogen (secondary N) is 1. The molecule has 0 radical (unpaired) electrons. The second-order valence-corrected chi connectivity index (χ2v) is 9.67. The fourth-order valence-electron chi connectivity index (χ4n) is 3.62. The molecule has 2 aromatic carbocycles. The van der Waals surface area contributed by atoms with Crippen LogP contribution in [0.2, 0.25) is 0 Å². The zero-order chi connectivity index (χ0) is 22.6. The van der Waals surface area contributed by atoms with E-state index in [0.717, 1.165) is 23.7 Å². The monoisotopic (exact) mass is 449 g/mol.